The Kier molecular flexibility index (Phi) is 2.31. The molecule has 0 amide bonds. The molecule has 1 saturated carbocycles. The molecular weight excluding hydrogens is 216 g/mol. The molecule has 0 saturated heterocycles. The zero-order chi connectivity index (χ0) is 13.3. The number of hydrogen-bond donors (Lipinski definition) is 0. The topological polar surface area (TPSA) is 0 Å². The monoisotopic (exact) mass is 244 g/mol. The maximum atomic E-state index is 2.58. The fourth-order valence-corrected chi connectivity index (χ4v) is 5.43. The highest BCUT2D eigenvalue weighted by atomic mass is 14.6. The first-order valence-electron chi connectivity index (χ1n) is 7.64. The van der Waals surface area contributed by atoms with Gasteiger partial charge in [0.2, 0.25) is 0 Å². The van der Waals surface area contributed by atoms with E-state index in [0.717, 1.165) is 5.92 Å². The molecule has 0 bridgehead atoms. The summed E-state index contributed by atoms with van der Waals surface area (Å²) in [6.07, 6.45) is 7.99. The highest BCUT2D eigenvalue weighted by Crippen LogP contribution is 2.70. The van der Waals surface area contributed by atoms with Crippen molar-refractivity contribution in [1.82, 2.24) is 0 Å². The predicted octanol–water partition coefficient (Wildman–Crippen LogP) is 5.51. The lowest BCUT2D eigenvalue weighted by molar-refractivity contribution is 0.0699. The van der Waals surface area contributed by atoms with Crippen LogP contribution in [0, 0.1) is 22.2 Å². The summed E-state index contributed by atoms with van der Waals surface area (Å²) in [5, 5.41) is 0. The molecule has 3 aliphatic rings. The number of rotatable bonds is 0. The number of allylic oxidation sites excluding steroid dienone is 4. The lowest BCUT2D eigenvalue weighted by atomic mass is 9.46. The zero-order valence-corrected chi connectivity index (χ0v) is 13.0. The SMILES string of the molecule is CC1=C2[C@@H](CC1)[C@]1(C)CCC=C1C(C)(C)C2(C)C. The summed E-state index contributed by atoms with van der Waals surface area (Å²) in [4.78, 5) is 0. The molecule has 0 aliphatic heterocycles. The third-order valence-electron chi connectivity index (χ3n) is 6.92. The van der Waals surface area contributed by atoms with Gasteiger partial charge in [0.1, 0.15) is 0 Å². The second-order valence-electron chi connectivity index (χ2n) is 8.11. The Bertz CT molecular complexity index is 458. The first-order chi connectivity index (χ1) is 8.23. The van der Waals surface area contributed by atoms with Gasteiger partial charge in [-0.25, -0.2) is 0 Å². The van der Waals surface area contributed by atoms with Gasteiger partial charge in [-0.3, -0.25) is 0 Å². The zero-order valence-electron chi connectivity index (χ0n) is 13.0. The largest absolute Gasteiger partial charge is 0.0842 e. The van der Waals surface area contributed by atoms with Gasteiger partial charge in [0.25, 0.3) is 0 Å². The Balaban J connectivity index is 2.26. The predicted molar refractivity (Wildman–Crippen MR) is 78.4 cm³/mol. The van der Waals surface area contributed by atoms with E-state index in [4.69, 9.17) is 0 Å². The van der Waals surface area contributed by atoms with E-state index in [0.29, 0.717) is 16.2 Å². The third kappa shape index (κ3) is 1.18. The Hall–Kier alpha value is -0.520. The Morgan fingerprint density at radius 1 is 1.06 bits per heavy atom. The first kappa shape index (κ1) is 12.5. The molecule has 0 heteroatoms. The molecule has 3 aliphatic carbocycles. The molecule has 0 N–H and O–H groups in total. The van der Waals surface area contributed by atoms with E-state index < -0.39 is 0 Å². The quantitative estimate of drug-likeness (QED) is 0.493. The van der Waals surface area contributed by atoms with Crippen LogP contribution in [-0.4, -0.2) is 0 Å². The molecule has 3 rings (SSSR count). The van der Waals surface area contributed by atoms with Crippen molar-refractivity contribution < 1.29 is 0 Å². The minimum atomic E-state index is 0.315. The molecule has 0 aromatic heterocycles. The van der Waals surface area contributed by atoms with Crippen LogP contribution >= 0.6 is 0 Å². The fraction of sp³-hybridized carbons (Fsp3) is 0.778. The molecule has 0 heterocycles. The minimum absolute atomic E-state index is 0.315. The molecule has 18 heavy (non-hydrogen) atoms. The third-order valence-corrected chi connectivity index (χ3v) is 6.92. The van der Waals surface area contributed by atoms with Crippen molar-refractivity contribution in [2.75, 3.05) is 0 Å². The summed E-state index contributed by atoms with van der Waals surface area (Å²) in [6, 6.07) is 0. The Labute approximate surface area is 113 Å². The van der Waals surface area contributed by atoms with E-state index in [2.05, 4.69) is 47.6 Å². The van der Waals surface area contributed by atoms with E-state index in [1.807, 2.05) is 5.57 Å². The van der Waals surface area contributed by atoms with Crippen LogP contribution in [0.5, 0.6) is 0 Å². The van der Waals surface area contributed by atoms with Crippen molar-refractivity contribution in [2.24, 2.45) is 22.2 Å². The molecule has 0 radical (unpaired) electrons. The minimum Gasteiger partial charge on any atom is -0.0842 e. The maximum absolute atomic E-state index is 2.58. The van der Waals surface area contributed by atoms with Crippen LogP contribution in [0.15, 0.2) is 22.8 Å². The van der Waals surface area contributed by atoms with Crippen molar-refractivity contribution in [3.05, 3.63) is 22.8 Å². The van der Waals surface area contributed by atoms with Gasteiger partial charge in [-0.15, -0.1) is 0 Å². The first-order valence-corrected chi connectivity index (χ1v) is 7.64. The van der Waals surface area contributed by atoms with E-state index >= 15 is 0 Å². The normalized spacial score (nSPS) is 40.6. The summed E-state index contributed by atoms with van der Waals surface area (Å²) >= 11 is 0. The van der Waals surface area contributed by atoms with Gasteiger partial charge in [0, 0.05) is 0 Å². The van der Waals surface area contributed by atoms with Gasteiger partial charge in [-0.2, -0.15) is 0 Å². The van der Waals surface area contributed by atoms with Crippen LogP contribution in [0.4, 0.5) is 0 Å². The van der Waals surface area contributed by atoms with Crippen LogP contribution in [0.1, 0.15) is 67.2 Å². The maximum Gasteiger partial charge on any atom is -0.00420 e. The summed E-state index contributed by atoms with van der Waals surface area (Å²) < 4.78 is 0. The molecule has 0 unspecified atom stereocenters. The lowest BCUT2D eigenvalue weighted by Gasteiger charge is -2.58. The van der Waals surface area contributed by atoms with Crippen LogP contribution in [0.3, 0.4) is 0 Å². The molecule has 0 nitrogen and oxygen atoms in total. The Morgan fingerprint density at radius 3 is 2.39 bits per heavy atom. The second kappa shape index (κ2) is 3.32. The second-order valence-corrected chi connectivity index (χ2v) is 8.11. The smallest absolute Gasteiger partial charge is 0.00420 e. The van der Waals surface area contributed by atoms with Gasteiger partial charge in [0.05, 0.1) is 0 Å². The summed E-state index contributed by atoms with van der Waals surface area (Å²) in [7, 11) is 0. The summed E-state index contributed by atoms with van der Waals surface area (Å²) in [6.45, 7) is 14.9. The van der Waals surface area contributed by atoms with Gasteiger partial charge in [0.15, 0.2) is 0 Å². The Morgan fingerprint density at radius 2 is 1.72 bits per heavy atom. The van der Waals surface area contributed by atoms with Crippen molar-refractivity contribution >= 4 is 0 Å². The highest BCUT2D eigenvalue weighted by Gasteiger charge is 2.60. The molecular formula is C18H28. The van der Waals surface area contributed by atoms with Crippen molar-refractivity contribution in [3.8, 4) is 0 Å². The summed E-state index contributed by atoms with van der Waals surface area (Å²) in [5.41, 5.74) is 6.39. The van der Waals surface area contributed by atoms with Crippen LogP contribution < -0.4 is 0 Å². The fourth-order valence-electron chi connectivity index (χ4n) is 5.43. The van der Waals surface area contributed by atoms with Crippen molar-refractivity contribution in [2.45, 2.75) is 67.2 Å². The van der Waals surface area contributed by atoms with Crippen LogP contribution in [-0.2, 0) is 0 Å². The molecule has 2 atom stereocenters. The molecule has 0 aromatic rings. The van der Waals surface area contributed by atoms with Crippen molar-refractivity contribution in [3.63, 3.8) is 0 Å². The van der Waals surface area contributed by atoms with E-state index in [9.17, 15) is 0 Å². The highest BCUT2D eigenvalue weighted by molar-refractivity contribution is 5.45. The molecule has 0 aromatic carbocycles. The van der Waals surface area contributed by atoms with E-state index in [1.165, 1.54) is 25.7 Å². The summed E-state index contributed by atoms with van der Waals surface area (Å²) in [5.74, 6) is 0.828. The van der Waals surface area contributed by atoms with Gasteiger partial charge < -0.3 is 0 Å². The van der Waals surface area contributed by atoms with Crippen LogP contribution in [0.2, 0.25) is 0 Å². The van der Waals surface area contributed by atoms with Gasteiger partial charge >= 0.3 is 0 Å². The van der Waals surface area contributed by atoms with E-state index in [-0.39, 0.29) is 0 Å². The number of fused-ring (bicyclic) bond motifs is 3. The number of hydrogen-bond acceptors (Lipinski definition) is 0. The lowest BCUT2D eigenvalue weighted by Crippen LogP contribution is -2.50. The molecule has 100 valence electrons. The standard InChI is InChI=1S/C18H28/c1-12-9-10-13-15(12)17(4,5)16(2,3)14-8-7-11-18(13,14)6/h8,13H,7,9-11H2,1-6H3/t13-,18+/m1/s1. The van der Waals surface area contributed by atoms with Crippen molar-refractivity contribution in [1.29, 1.82) is 0 Å². The average molecular weight is 244 g/mol. The van der Waals surface area contributed by atoms with Gasteiger partial charge in [-0.1, -0.05) is 57.4 Å². The molecule has 1 fully saturated rings. The van der Waals surface area contributed by atoms with Crippen LogP contribution in [0.25, 0.3) is 0 Å². The average Bonchev–Trinajstić information content (AvgIpc) is 2.81. The molecule has 0 spiro atoms. The van der Waals surface area contributed by atoms with E-state index in [1.54, 1.807) is 11.1 Å². The van der Waals surface area contributed by atoms with Gasteiger partial charge in [-0.05, 0) is 54.8 Å².